The highest BCUT2D eigenvalue weighted by Gasteiger charge is 2.27. The monoisotopic (exact) mass is 274 g/mol. The first-order chi connectivity index (χ1) is 8.59. The summed E-state index contributed by atoms with van der Waals surface area (Å²) in [7, 11) is 0. The molecule has 0 aromatic heterocycles. The Morgan fingerprint density at radius 2 is 1.78 bits per heavy atom. The van der Waals surface area contributed by atoms with Crippen LogP contribution in [0, 0.1) is 0 Å². The van der Waals surface area contributed by atoms with Crippen LogP contribution in [-0.4, -0.2) is 43.4 Å². The number of anilines is 1. The van der Waals surface area contributed by atoms with Gasteiger partial charge in [0.2, 0.25) is 0 Å². The highest BCUT2D eigenvalue weighted by molar-refractivity contribution is 6.33. The molecular formula is C12H13ClF2N2O. The molecule has 1 aromatic rings. The highest BCUT2D eigenvalue weighted by Crippen LogP contribution is 2.26. The van der Waals surface area contributed by atoms with Crippen LogP contribution in [0.25, 0.3) is 0 Å². The summed E-state index contributed by atoms with van der Waals surface area (Å²) < 4.78 is 24.5. The molecule has 1 amide bonds. The first kappa shape index (κ1) is 13.1. The van der Waals surface area contributed by atoms with Gasteiger partial charge in [0.05, 0.1) is 10.7 Å². The summed E-state index contributed by atoms with van der Waals surface area (Å²) in [5.41, 5.74) is 0.878. The molecule has 0 spiro atoms. The number of halogens is 3. The summed E-state index contributed by atoms with van der Waals surface area (Å²) >= 11 is 6.06. The van der Waals surface area contributed by atoms with Crippen LogP contribution >= 0.6 is 11.6 Å². The van der Waals surface area contributed by atoms with Gasteiger partial charge in [0, 0.05) is 26.2 Å². The van der Waals surface area contributed by atoms with Gasteiger partial charge in [0.1, 0.15) is 0 Å². The van der Waals surface area contributed by atoms with E-state index in [2.05, 4.69) is 0 Å². The summed E-state index contributed by atoms with van der Waals surface area (Å²) in [6, 6.07) is 7.38. The second-order valence-corrected chi connectivity index (χ2v) is 4.47. The molecule has 1 heterocycles. The standard InChI is InChI=1S/C12H13ClF2N2O/c13-9-3-1-2-4-10(9)16-5-7-17(8-6-16)12(18)11(14)15/h1-4,11H,5-8H2. The minimum atomic E-state index is -2.92. The van der Waals surface area contributed by atoms with Gasteiger partial charge in [0.15, 0.2) is 0 Å². The topological polar surface area (TPSA) is 23.6 Å². The fraction of sp³-hybridized carbons (Fsp3) is 0.417. The lowest BCUT2D eigenvalue weighted by molar-refractivity contribution is -0.143. The lowest BCUT2D eigenvalue weighted by Crippen LogP contribution is -2.50. The Balaban J connectivity index is 1.99. The summed E-state index contributed by atoms with van der Waals surface area (Å²) in [5, 5.41) is 0.631. The molecule has 0 aliphatic carbocycles. The molecule has 2 rings (SSSR count). The molecule has 98 valence electrons. The number of carbonyl (C=O) groups is 1. The molecule has 0 N–H and O–H groups in total. The quantitative estimate of drug-likeness (QED) is 0.826. The molecule has 1 aliphatic heterocycles. The Hall–Kier alpha value is -1.36. The van der Waals surface area contributed by atoms with Gasteiger partial charge < -0.3 is 9.80 Å². The number of rotatable bonds is 2. The van der Waals surface area contributed by atoms with Crippen LogP contribution in [-0.2, 0) is 4.79 Å². The van der Waals surface area contributed by atoms with Gasteiger partial charge >= 0.3 is 6.43 Å². The highest BCUT2D eigenvalue weighted by atomic mass is 35.5. The number of alkyl halides is 2. The number of piperazine rings is 1. The molecule has 0 radical (unpaired) electrons. The molecule has 1 fully saturated rings. The van der Waals surface area contributed by atoms with E-state index >= 15 is 0 Å². The zero-order valence-electron chi connectivity index (χ0n) is 9.65. The Bertz CT molecular complexity index is 434. The maximum absolute atomic E-state index is 12.3. The van der Waals surface area contributed by atoms with E-state index < -0.39 is 12.3 Å². The van der Waals surface area contributed by atoms with E-state index in [1.54, 1.807) is 6.07 Å². The minimum Gasteiger partial charge on any atom is -0.367 e. The third-order valence-corrected chi connectivity index (χ3v) is 3.29. The largest absolute Gasteiger partial charge is 0.367 e. The van der Waals surface area contributed by atoms with Crippen molar-refractivity contribution in [3.05, 3.63) is 29.3 Å². The molecule has 1 saturated heterocycles. The fourth-order valence-corrected chi connectivity index (χ4v) is 2.27. The number of amides is 1. The Morgan fingerprint density at radius 1 is 1.17 bits per heavy atom. The van der Waals surface area contributed by atoms with Crippen LogP contribution in [0.15, 0.2) is 24.3 Å². The predicted octanol–water partition coefficient (Wildman–Crippen LogP) is 2.25. The number of para-hydroxylation sites is 1. The molecule has 3 nitrogen and oxygen atoms in total. The molecule has 0 unspecified atom stereocenters. The predicted molar refractivity (Wildman–Crippen MR) is 66.2 cm³/mol. The normalized spacial score (nSPS) is 16.2. The van der Waals surface area contributed by atoms with Crippen LogP contribution in [0.1, 0.15) is 0 Å². The summed E-state index contributed by atoms with van der Waals surface area (Å²) in [5.74, 6) is -1.09. The van der Waals surface area contributed by atoms with E-state index in [1.165, 1.54) is 4.90 Å². The van der Waals surface area contributed by atoms with Crippen molar-refractivity contribution in [1.82, 2.24) is 4.90 Å². The van der Waals surface area contributed by atoms with Crippen molar-refractivity contribution in [3.63, 3.8) is 0 Å². The smallest absolute Gasteiger partial charge is 0.315 e. The third-order valence-electron chi connectivity index (χ3n) is 2.97. The molecule has 1 aromatic carbocycles. The molecule has 0 saturated carbocycles. The van der Waals surface area contributed by atoms with Crippen LogP contribution in [0.5, 0.6) is 0 Å². The Labute approximate surface area is 109 Å². The van der Waals surface area contributed by atoms with E-state index in [-0.39, 0.29) is 0 Å². The van der Waals surface area contributed by atoms with Crippen molar-refractivity contribution in [2.75, 3.05) is 31.1 Å². The van der Waals surface area contributed by atoms with Crippen molar-refractivity contribution in [1.29, 1.82) is 0 Å². The zero-order valence-corrected chi connectivity index (χ0v) is 10.4. The van der Waals surface area contributed by atoms with Crippen molar-refractivity contribution in [3.8, 4) is 0 Å². The summed E-state index contributed by atoms with van der Waals surface area (Å²) in [4.78, 5) is 14.3. The van der Waals surface area contributed by atoms with Crippen LogP contribution in [0.3, 0.4) is 0 Å². The number of hydrogen-bond acceptors (Lipinski definition) is 2. The van der Waals surface area contributed by atoms with Gasteiger partial charge in [-0.3, -0.25) is 4.79 Å². The molecule has 18 heavy (non-hydrogen) atoms. The van der Waals surface area contributed by atoms with Crippen molar-refractivity contribution < 1.29 is 13.6 Å². The van der Waals surface area contributed by atoms with Gasteiger partial charge in [-0.1, -0.05) is 23.7 Å². The number of nitrogens with zero attached hydrogens (tertiary/aromatic N) is 2. The fourth-order valence-electron chi connectivity index (χ4n) is 2.01. The second-order valence-electron chi connectivity index (χ2n) is 4.06. The molecule has 0 bridgehead atoms. The number of hydrogen-bond donors (Lipinski definition) is 0. The molecule has 6 heteroatoms. The van der Waals surface area contributed by atoms with Gasteiger partial charge in [-0.25, -0.2) is 0 Å². The van der Waals surface area contributed by atoms with Gasteiger partial charge in [-0.15, -0.1) is 0 Å². The lowest BCUT2D eigenvalue weighted by Gasteiger charge is -2.36. The lowest BCUT2D eigenvalue weighted by atomic mass is 10.2. The average Bonchev–Trinajstić information content (AvgIpc) is 2.38. The van der Waals surface area contributed by atoms with Crippen LogP contribution in [0.4, 0.5) is 14.5 Å². The van der Waals surface area contributed by atoms with E-state index in [0.717, 1.165) is 5.69 Å². The SMILES string of the molecule is O=C(C(F)F)N1CCN(c2ccccc2Cl)CC1. The van der Waals surface area contributed by atoms with Crippen molar-refractivity contribution >= 4 is 23.2 Å². The van der Waals surface area contributed by atoms with E-state index in [1.807, 2.05) is 23.1 Å². The zero-order chi connectivity index (χ0) is 13.1. The van der Waals surface area contributed by atoms with Crippen molar-refractivity contribution in [2.24, 2.45) is 0 Å². The number of benzene rings is 1. The molecular weight excluding hydrogens is 262 g/mol. The Morgan fingerprint density at radius 3 is 2.33 bits per heavy atom. The third kappa shape index (κ3) is 2.72. The van der Waals surface area contributed by atoms with Crippen LogP contribution in [0.2, 0.25) is 5.02 Å². The first-order valence-electron chi connectivity index (χ1n) is 5.66. The average molecular weight is 275 g/mol. The van der Waals surface area contributed by atoms with E-state index in [0.29, 0.717) is 31.2 Å². The van der Waals surface area contributed by atoms with Crippen molar-refractivity contribution in [2.45, 2.75) is 6.43 Å². The molecule has 0 atom stereocenters. The minimum absolute atomic E-state index is 0.300. The van der Waals surface area contributed by atoms with Gasteiger partial charge in [-0.05, 0) is 12.1 Å². The molecule has 1 aliphatic rings. The summed E-state index contributed by atoms with van der Waals surface area (Å²) in [6.45, 7) is 1.63. The van der Waals surface area contributed by atoms with Gasteiger partial charge in [0.25, 0.3) is 5.91 Å². The van der Waals surface area contributed by atoms with E-state index in [9.17, 15) is 13.6 Å². The van der Waals surface area contributed by atoms with E-state index in [4.69, 9.17) is 11.6 Å². The van der Waals surface area contributed by atoms with Gasteiger partial charge in [-0.2, -0.15) is 8.78 Å². The maximum atomic E-state index is 12.3. The second kappa shape index (κ2) is 5.52. The first-order valence-corrected chi connectivity index (χ1v) is 6.04. The summed E-state index contributed by atoms with van der Waals surface area (Å²) in [6.07, 6.45) is -2.92. The number of carbonyl (C=O) groups excluding carboxylic acids is 1. The maximum Gasteiger partial charge on any atom is 0.315 e. The Kier molecular flexibility index (Phi) is 4.01. The van der Waals surface area contributed by atoms with Crippen LogP contribution < -0.4 is 4.90 Å².